The van der Waals surface area contributed by atoms with Gasteiger partial charge in [-0.1, -0.05) is 56.5 Å². The van der Waals surface area contributed by atoms with Crippen LogP contribution in [0.4, 0.5) is 0 Å². The summed E-state index contributed by atoms with van der Waals surface area (Å²) >= 11 is 6.13. The normalized spacial score (nSPS) is 24.2. The quantitative estimate of drug-likeness (QED) is 0.741. The first-order chi connectivity index (χ1) is 12.7. The standard InChI is InChI=1S/C19H22ClN3O.C2H6/c20-15-7-5-6-14(9-10-15)19(12-16(24)13-19)18-22-21-17-8-3-1-2-4-11-23(17)18;1-2/h5-7,9-10,14H,1-4,8,11-13H2;1-2H3. The maximum absolute atomic E-state index is 11.9. The van der Waals surface area contributed by atoms with Crippen molar-refractivity contribution in [3.8, 4) is 0 Å². The van der Waals surface area contributed by atoms with E-state index in [4.69, 9.17) is 11.6 Å². The van der Waals surface area contributed by atoms with Crippen LogP contribution in [0.5, 0.6) is 0 Å². The highest BCUT2D eigenvalue weighted by atomic mass is 35.5. The lowest BCUT2D eigenvalue weighted by molar-refractivity contribution is -0.129. The van der Waals surface area contributed by atoms with Gasteiger partial charge in [0.15, 0.2) is 0 Å². The summed E-state index contributed by atoms with van der Waals surface area (Å²) in [5.41, 5.74) is -0.260. The van der Waals surface area contributed by atoms with Crippen molar-refractivity contribution < 1.29 is 4.79 Å². The number of carbonyl (C=O) groups is 1. The van der Waals surface area contributed by atoms with Gasteiger partial charge in [-0.25, -0.2) is 0 Å². The van der Waals surface area contributed by atoms with E-state index < -0.39 is 0 Å². The molecule has 1 fully saturated rings. The fraction of sp³-hybridized carbons (Fsp3) is 0.571. The molecule has 1 unspecified atom stereocenters. The van der Waals surface area contributed by atoms with E-state index >= 15 is 0 Å². The lowest BCUT2D eigenvalue weighted by atomic mass is 9.59. The molecule has 26 heavy (non-hydrogen) atoms. The minimum atomic E-state index is -0.260. The molecule has 4 rings (SSSR count). The summed E-state index contributed by atoms with van der Waals surface area (Å²) in [4.78, 5) is 11.9. The van der Waals surface area contributed by atoms with E-state index in [0.29, 0.717) is 23.7 Å². The van der Waals surface area contributed by atoms with E-state index in [9.17, 15) is 4.79 Å². The molecular weight excluding hydrogens is 346 g/mol. The van der Waals surface area contributed by atoms with Crippen molar-refractivity contribution in [3.05, 3.63) is 47.1 Å². The Kier molecular flexibility index (Phi) is 6.13. The van der Waals surface area contributed by atoms with Gasteiger partial charge in [-0.2, -0.15) is 0 Å². The number of fused-ring (bicyclic) bond motifs is 1. The van der Waals surface area contributed by atoms with Crippen LogP contribution in [0.15, 0.2) is 35.4 Å². The molecule has 0 radical (unpaired) electrons. The average Bonchev–Trinajstić information content (AvgIpc) is 2.84. The summed E-state index contributed by atoms with van der Waals surface area (Å²) in [5.74, 6) is 2.52. The molecule has 1 aromatic rings. The van der Waals surface area contributed by atoms with Crippen molar-refractivity contribution in [3.63, 3.8) is 0 Å². The molecule has 0 amide bonds. The first-order valence-corrected chi connectivity index (χ1v) is 10.2. The maximum Gasteiger partial charge on any atom is 0.141 e. The zero-order valence-corrected chi connectivity index (χ0v) is 16.5. The van der Waals surface area contributed by atoms with E-state index in [2.05, 4.69) is 26.9 Å². The van der Waals surface area contributed by atoms with Crippen molar-refractivity contribution in [1.29, 1.82) is 0 Å². The number of hydrogen-bond acceptors (Lipinski definition) is 3. The summed E-state index contributed by atoms with van der Waals surface area (Å²) in [6.07, 6.45) is 17.0. The van der Waals surface area contributed by atoms with Gasteiger partial charge in [0.1, 0.15) is 17.4 Å². The molecule has 140 valence electrons. The predicted molar refractivity (Wildman–Crippen MR) is 105 cm³/mol. The molecule has 1 saturated carbocycles. The monoisotopic (exact) mass is 373 g/mol. The van der Waals surface area contributed by atoms with Crippen molar-refractivity contribution in [2.75, 3.05) is 0 Å². The number of ketones is 1. The molecule has 0 spiro atoms. The van der Waals surface area contributed by atoms with Crippen LogP contribution >= 0.6 is 11.6 Å². The van der Waals surface area contributed by atoms with Crippen molar-refractivity contribution >= 4 is 17.4 Å². The van der Waals surface area contributed by atoms with Crippen molar-refractivity contribution in [2.24, 2.45) is 5.92 Å². The predicted octanol–water partition coefficient (Wildman–Crippen LogP) is 4.89. The van der Waals surface area contributed by atoms with Gasteiger partial charge in [0.2, 0.25) is 0 Å². The molecule has 4 nitrogen and oxygen atoms in total. The van der Waals surface area contributed by atoms with Crippen LogP contribution in [-0.2, 0) is 23.2 Å². The largest absolute Gasteiger partial charge is 0.314 e. The molecule has 1 atom stereocenters. The lowest BCUT2D eigenvalue weighted by Gasteiger charge is -2.43. The van der Waals surface area contributed by atoms with Crippen LogP contribution in [0.2, 0.25) is 0 Å². The first kappa shape index (κ1) is 19.1. The number of halogens is 1. The zero-order chi connectivity index (χ0) is 18.6. The highest BCUT2D eigenvalue weighted by Gasteiger charge is 2.52. The fourth-order valence-electron chi connectivity index (χ4n) is 4.18. The maximum atomic E-state index is 11.9. The second-order valence-corrected chi connectivity index (χ2v) is 7.56. The van der Waals surface area contributed by atoms with Crippen LogP contribution in [0.1, 0.15) is 64.0 Å². The average molecular weight is 374 g/mol. The number of aryl methyl sites for hydroxylation is 1. The van der Waals surface area contributed by atoms with Gasteiger partial charge in [-0.3, -0.25) is 4.79 Å². The molecular formula is C21H28ClN3O. The number of aromatic nitrogens is 3. The molecule has 0 N–H and O–H groups in total. The summed E-state index contributed by atoms with van der Waals surface area (Å²) in [7, 11) is 0. The molecule has 3 aliphatic rings. The van der Waals surface area contributed by atoms with Gasteiger partial charge in [-0.05, 0) is 25.0 Å². The Balaban J connectivity index is 0.000000948. The van der Waals surface area contributed by atoms with Gasteiger partial charge in [0, 0.05) is 36.8 Å². The minimum absolute atomic E-state index is 0.126. The molecule has 5 heteroatoms. The summed E-state index contributed by atoms with van der Waals surface area (Å²) in [6, 6.07) is 0. The van der Waals surface area contributed by atoms with E-state index in [1.165, 1.54) is 19.3 Å². The highest BCUT2D eigenvalue weighted by Crippen LogP contribution is 2.48. The number of carbonyl (C=O) groups excluding carboxylic acids is 1. The molecule has 2 heterocycles. The number of rotatable bonds is 2. The van der Waals surface area contributed by atoms with E-state index in [1.54, 1.807) is 0 Å². The van der Waals surface area contributed by atoms with E-state index in [-0.39, 0.29) is 11.3 Å². The van der Waals surface area contributed by atoms with Gasteiger partial charge in [0.05, 0.1) is 5.41 Å². The highest BCUT2D eigenvalue weighted by molar-refractivity contribution is 6.31. The van der Waals surface area contributed by atoms with Crippen LogP contribution in [-0.4, -0.2) is 20.5 Å². The van der Waals surface area contributed by atoms with Gasteiger partial charge in [0.25, 0.3) is 0 Å². The SMILES string of the molecule is CC.O=C1CC(c2nnc3n2CCCCCC3)(C2C=CC=C(Cl)C=C2)C1. The van der Waals surface area contributed by atoms with E-state index in [0.717, 1.165) is 31.0 Å². The van der Waals surface area contributed by atoms with Gasteiger partial charge in [-0.15, -0.1) is 10.2 Å². The Hall–Kier alpha value is -1.68. The van der Waals surface area contributed by atoms with Crippen LogP contribution < -0.4 is 0 Å². The number of allylic oxidation sites excluding steroid dienone is 6. The Morgan fingerprint density at radius 1 is 1.12 bits per heavy atom. The first-order valence-electron chi connectivity index (χ1n) is 9.85. The Morgan fingerprint density at radius 3 is 2.65 bits per heavy atom. The summed E-state index contributed by atoms with van der Waals surface area (Å²) < 4.78 is 2.30. The number of nitrogens with zero attached hydrogens (tertiary/aromatic N) is 3. The molecule has 0 bridgehead atoms. The topological polar surface area (TPSA) is 47.8 Å². The summed E-state index contributed by atoms with van der Waals surface area (Å²) in [6.45, 7) is 4.97. The van der Waals surface area contributed by atoms with Crippen LogP contribution in [0.25, 0.3) is 0 Å². The second-order valence-electron chi connectivity index (χ2n) is 7.13. The Bertz CT molecular complexity index is 736. The lowest BCUT2D eigenvalue weighted by Crippen LogP contribution is -2.48. The Morgan fingerprint density at radius 2 is 1.88 bits per heavy atom. The summed E-state index contributed by atoms with van der Waals surface area (Å²) in [5, 5.41) is 9.77. The van der Waals surface area contributed by atoms with Crippen molar-refractivity contribution in [1.82, 2.24) is 14.8 Å². The molecule has 2 aliphatic carbocycles. The number of hydrogen-bond donors (Lipinski definition) is 0. The Labute approximate surface area is 161 Å². The third-order valence-electron chi connectivity index (χ3n) is 5.50. The third-order valence-corrected chi connectivity index (χ3v) is 5.76. The van der Waals surface area contributed by atoms with Gasteiger partial charge < -0.3 is 4.57 Å². The molecule has 0 aromatic carbocycles. The van der Waals surface area contributed by atoms with Crippen molar-refractivity contribution in [2.45, 2.75) is 70.8 Å². The smallest absolute Gasteiger partial charge is 0.141 e. The zero-order valence-electron chi connectivity index (χ0n) is 15.7. The van der Waals surface area contributed by atoms with E-state index in [1.807, 2.05) is 32.1 Å². The molecule has 1 aliphatic heterocycles. The third kappa shape index (κ3) is 3.57. The van der Waals surface area contributed by atoms with Crippen LogP contribution in [0, 0.1) is 5.92 Å². The minimum Gasteiger partial charge on any atom is -0.314 e. The fourth-order valence-corrected chi connectivity index (χ4v) is 4.32. The van der Waals surface area contributed by atoms with Gasteiger partial charge >= 0.3 is 0 Å². The second kappa shape index (κ2) is 8.34. The van der Waals surface area contributed by atoms with Crippen LogP contribution in [0.3, 0.4) is 0 Å². The molecule has 0 saturated heterocycles. The molecule has 1 aromatic heterocycles. The number of Topliss-reactive ketones (excluding diaryl/α,β-unsaturated/α-hetero) is 1.